The fraction of sp³-hybridized carbons (Fsp3) is 0.375. The van der Waals surface area contributed by atoms with Crippen molar-refractivity contribution in [2.75, 3.05) is 31.2 Å². The molecule has 0 N–H and O–H groups in total. The number of carbonyl (C=O) groups is 2. The van der Waals surface area contributed by atoms with Gasteiger partial charge in [-0.05, 0) is 42.3 Å². The molecule has 9 heteroatoms. The van der Waals surface area contributed by atoms with Crippen molar-refractivity contribution in [3.8, 4) is 0 Å². The van der Waals surface area contributed by atoms with Crippen LogP contribution in [0.3, 0.4) is 0 Å². The molecule has 2 heterocycles. The van der Waals surface area contributed by atoms with Crippen LogP contribution in [0.15, 0.2) is 47.6 Å². The van der Waals surface area contributed by atoms with Crippen LogP contribution >= 0.6 is 34.8 Å². The van der Waals surface area contributed by atoms with Crippen molar-refractivity contribution in [2.45, 2.75) is 32.2 Å². The minimum absolute atomic E-state index is 0.107. The van der Waals surface area contributed by atoms with Gasteiger partial charge in [0.1, 0.15) is 5.71 Å². The van der Waals surface area contributed by atoms with E-state index in [0.717, 1.165) is 12.0 Å². The topological polar surface area (TPSA) is 56.2 Å². The summed E-state index contributed by atoms with van der Waals surface area (Å²) in [6.45, 7) is 4.09. The van der Waals surface area contributed by atoms with Gasteiger partial charge in [0.2, 0.25) is 5.91 Å². The molecule has 2 aromatic carbocycles. The maximum Gasteiger partial charge on any atom is 0.270 e. The van der Waals surface area contributed by atoms with Gasteiger partial charge in [0.05, 0.1) is 16.8 Å². The molecule has 0 bridgehead atoms. The minimum atomic E-state index is -0.202. The van der Waals surface area contributed by atoms with Crippen molar-refractivity contribution in [3.05, 3.63) is 63.1 Å². The Morgan fingerprint density at radius 1 is 0.939 bits per heavy atom. The first-order valence-corrected chi connectivity index (χ1v) is 12.1. The van der Waals surface area contributed by atoms with Gasteiger partial charge < -0.3 is 9.80 Å². The number of hydrazone groups is 1. The predicted molar refractivity (Wildman–Crippen MR) is 133 cm³/mol. The number of hydrogen-bond donors (Lipinski definition) is 0. The Balaban J connectivity index is 1.56. The Kier molecular flexibility index (Phi) is 7.47. The lowest BCUT2D eigenvalue weighted by Crippen LogP contribution is -2.52. The van der Waals surface area contributed by atoms with Crippen LogP contribution in [0.4, 0.5) is 5.69 Å². The zero-order valence-electron chi connectivity index (χ0n) is 18.3. The van der Waals surface area contributed by atoms with E-state index in [9.17, 15) is 9.59 Å². The average Bonchev–Trinajstić information content (AvgIpc) is 3.24. The van der Waals surface area contributed by atoms with E-state index >= 15 is 0 Å². The first-order chi connectivity index (χ1) is 15.9. The highest BCUT2D eigenvalue weighted by Gasteiger charge is 2.36. The Morgan fingerprint density at radius 2 is 1.58 bits per heavy atom. The third-order valence-corrected chi connectivity index (χ3v) is 6.74. The third-order valence-electron chi connectivity index (χ3n) is 5.95. The molecule has 2 amide bonds. The molecule has 1 fully saturated rings. The van der Waals surface area contributed by atoms with E-state index < -0.39 is 0 Å². The Morgan fingerprint density at radius 3 is 2.21 bits per heavy atom. The maximum absolute atomic E-state index is 13.3. The fourth-order valence-corrected chi connectivity index (χ4v) is 4.81. The second kappa shape index (κ2) is 10.3. The highest BCUT2D eigenvalue weighted by atomic mass is 35.5. The van der Waals surface area contributed by atoms with E-state index in [4.69, 9.17) is 39.9 Å². The fourth-order valence-electron chi connectivity index (χ4n) is 4.19. The van der Waals surface area contributed by atoms with Gasteiger partial charge in [0.25, 0.3) is 5.91 Å². The molecule has 2 aromatic rings. The Hall–Kier alpha value is -2.28. The molecule has 2 aliphatic heterocycles. The second-order valence-corrected chi connectivity index (χ2v) is 9.46. The van der Waals surface area contributed by atoms with Gasteiger partial charge >= 0.3 is 0 Å². The number of piperazine rings is 1. The molecule has 1 unspecified atom stereocenters. The van der Waals surface area contributed by atoms with Crippen LogP contribution in [0.2, 0.25) is 15.1 Å². The number of anilines is 1. The third kappa shape index (κ3) is 5.29. The predicted octanol–water partition coefficient (Wildman–Crippen LogP) is 5.43. The molecule has 1 saturated heterocycles. The normalized spacial score (nSPS) is 18.5. The second-order valence-electron chi connectivity index (χ2n) is 8.18. The summed E-state index contributed by atoms with van der Waals surface area (Å²) in [5, 5.41) is 8.12. The monoisotopic (exact) mass is 506 g/mol. The first kappa shape index (κ1) is 23.9. The summed E-state index contributed by atoms with van der Waals surface area (Å²) in [5.74, 6) is 0.0401. The molecular formula is C24H25Cl3N4O2. The lowest BCUT2D eigenvalue weighted by Gasteiger charge is -2.34. The molecule has 1 atom stereocenters. The lowest BCUT2D eigenvalue weighted by molar-refractivity contribution is -0.136. The summed E-state index contributed by atoms with van der Waals surface area (Å²) in [5.41, 5.74) is 2.13. The van der Waals surface area contributed by atoms with Crippen molar-refractivity contribution in [1.82, 2.24) is 9.80 Å². The maximum atomic E-state index is 13.3. The number of rotatable bonds is 5. The molecule has 2 aliphatic rings. The van der Waals surface area contributed by atoms with E-state index in [1.54, 1.807) is 22.0 Å². The van der Waals surface area contributed by atoms with Crippen LogP contribution in [-0.2, 0) is 9.59 Å². The summed E-state index contributed by atoms with van der Waals surface area (Å²) < 4.78 is 0. The summed E-state index contributed by atoms with van der Waals surface area (Å²) in [6, 6.07) is 12.5. The van der Waals surface area contributed by atoms with Gasteiger partial charge in [-0.3, -0.25) is 14.6 Å². The highest BCUT2D eigenvalue weighted by Crippen LogP contribution is 2.40. The van der Waals surface area contributed by atoms with E-state index in [1.165, 1.54) is 0 Å². The quantitative estimate of drug-likeness (QED) is 0.543. The molecule has 0 saturated carbocycles. The van der Waals surface area contributed by atoms with E-state index in [-0.39, 0.29) is 17.9 Å². The molecule has 6 nitrogen and oxygen atoms in total. The van der Waals surface area contributed by atoms with Gasteiger partial charge in [-0.1, -0.05) is 53.9 Å². The van der Waals surface area contributed by atoms with Crippen molar-refractivity contribution in [2.24, 2.45) is 5.10 Å². The van der Waals surface area contributed by atoms with Gasteiger partial charge in [-0.15, -0.1) is 0 Å². The zero-order chi connectivity index (χ0) is 23.5. The van der Waals surface area contributed by atoms with Gasteiger partial charge in [-0.2, -0.15) is 5.10 Å². The number of halogens is 3. The highest BCUT2D eigenvalue weighted by molar-refractivity contribution is 6.40. The van der Waals surface area contributed by atoms with E-state index in [1.807, 2.05) is 42.2 Å². The molecule has 0 aliphatic carbocycles. The zero-order valence-corrected chi connectivity index (χ0v) is 20.6. The number of hydrogen-bond acceptors (Lipinski definition) is 4. The van der Waals surface area contributed by atoms with Gasteiger partial charge in [-0.25, -0.2) is 0 Å². The van der Waals surface area contributed by atoms with Crippen LogP contribution in [0.25, 0.3) is 0 Å². The Bertz CT molecular complexity index is 1070. The van der Waals surface area contributed by atoms with Crippen LogP contribution in [0.1, 0.15) is 37.8 Å². The van der Waals surface area contributed by atoms with Crippen molar-refractivity contribution in [1.29, 1.82) is 0 Å². The SMILES string of the molecule is CCCC(=O)N1CCN(C(=O)C2=NN(c3ccc(Cl)cc3Cl)C(c3ccc(Cl)cc3)C2)CC1. The van der Waals surface area contributed by atoms with Crippen LogP contribution in [0, 0.1) is 0 Å². The summed E-state index contributed by atoms with van der Waals surface area (Å²) in [4.78, 5) is 29.1. The standard InChI is InChI=1S/C24H25Cl3N4O2/c1-2-3-23(32)29-10-12-30(13-11-29)24(33)20-15-22(16-4-6-17(25)7-5-16)31(28-20)21-9-8-18(26)14-19(21)27/h4-9,14,22H,2-3,10-13,15H2,1H3. The summed E-state index contributed by atoms with van der Waals surface area (Å²) >= 11 is 18.7. The molecule has 0 radical (unpaired) electrons. The minimum Gasteiger partial charge on any atom is -0.339 e. The molecule has 0 spiro atoms. The molecular weight excluding hydrogens is 483 g/mol. The molecule has 174 valence electrons. The van der Waals surface area contributed by atoms with Crippen LogP contribution < -0.4 is 5.01 Å². The lowest BCUT2D eigenvalue weighted by atomic mass is 10.0. The Labute approximate surface area is 208 Å². The van der Waals surface area contributed by atoms with Crippen LogP contribution in [0.5, 0.6) is 0 Å². The average molecular weight is 508 g/mol. The van der Waals surface area contributed by atoms with Crippen molar-refractivity contribution >= 4 is 58.0 Å². The molecule has 0 aromatic heterocycles. The summed E-state index contributed by atoms with van der Waals surface area (Å²) in [6.07, 6.45) is 1.80. The number of benzene rings is 2. The number of nitrogens with zero attached hydrogens (tertiary/aromatic N) is 4. The largest absolute Gasteiger partial charge is 0.339 e. The van der Waals surface area contributed by atoms with E-state index in [0.29, 0.717) is 65.5 Å². The van der Waals surface area contributed by atoms with Crippen molar-refractivity contribution < 1.29 is 9.59 Å². The van der Waals surface area contributed by atoms with E-state index in [2.05, 4.69) is 0 Å². The first-order valence-electron chi connectivity index (χ1n) is 11.0. The van der Waals surface area contributed by atoms with Crippen molar-refractivity contribution in [3.63, 3.8) is 0 Å². The van der Waals surface area contributed by atoms with Gasteiger partial charge in [0, 0.05) is 49.1 Å². The number of amides is 2. The van der Waals surface area contributed by atoms with Crippen LogP contribution in [-0.4, -0.2) is 53.5 Å². The summed E-state index contributed by atoms with van der Waals surface area (Å²) in [7, 11) is 0. The number of carbonyl (C=O) groups excluding carboxylic acids is 2. The molecule has 4 rings (SSSR count). The van der Waals surface area contributed by atoms with Gasteiger partial charge in [0.15, 0.2) is 0 Å². The molecule has 33 heavy (non-hydrogen) atoms. The smallest absolute Gasteiger partial charge is 0.270 e.